The Kier molecular flexibility index (Phi) is 5.64. The van der Waals surface area contributed by atoms with Crippen LogP contribution in [0.5, 0.6) is 0 Å². The number of thiophene rings is 1. The Morgan fingerprint density at radius 3 is 2.61 bits per heavy atom. The zero-order valence-electron chi connectivity index (χ0n) is 17.4. The van der Waals surface area contributed by atoms with Crippen molar-refractivity contribution in [2.24, 2.45) is 0 Å². The van der Waals surface area contributed by atoms with E-state index in [0.717, 1.165) is 36.2 Å². The Balaban J connectivity index is 1.62. The van der Waals surface area contributed by atoms with Crippen LogP contribution in [0.1, 0.15) is 59.1 Å². The molecule has 1 aliphatic heterocycles. The molecule has 2 aromatic heterocycles. The molecule has 0 bridgehead atoms. The molecule has 4 rings (SSSR count). The van der Waals surface area contributed by atoms with Gasteiger partial charge in [-0.1, -0.05) is 30.9 Å². The molecule has 3 N–H and O–H groups in total. The number of anilines is 1. The number of nitrogens with zero attached hydrogens (tertiary/aromatic N) is 1. The van der Waals surface area contributed by atoms with E-state index >= 15 is 0 Å². The highest BCUT2D eigenvalue weighted by Gasteiger charge is 2.56. The highest BCUT2D eigenvalue weighted by atomic mass is 35.5. The largest absolute Gasteiger partial charge is 0.362 e. The number of amidine groups is 1. The molecule has 31 heavy (non-hydrogen) atoms. The molecule has 10 heteroatoms. The Bertz CT molecular complexity index is 1160. The fraction of sp³-hybridized carbons (Fsp3) is 0.476. The van der Waals surface area contributed by atoms with E-state index in [0.29, 0.717) is 33.3 Å². The van der Waals surface area contributed by atoms with Gasteiger partial charge in [-0.2, -0.15) is 0 Å². The number of nitrogens with one attached hydrogen (secondary N) is 3. The number of aryl methyl sites for hydroxylation is 1. The third-order valence-corrected chi connectivity index (χ3v) is 10.7. The van der Waals surface area contributed by atoms with Gasteiger partial charge in [0.2, 0.25) is 0 Å². The van der Waals surface area contributed by atoms with Crippen molar-refractivity contribution >= 4 is 50.2 Å². The van der Waals surface area contributed by atoms with E-state index in [-0.39, 0.29) is 17.5 Å². The van der Waals surface area contributed by atoms with Crippen LogP contribution in [0.2, 0.25) is 5.02 Å². The Morgan fingerprint density at radius 2 is 1.97 bits per heavy atom. The number of carbonyl (C=O) groups is 1. The van der Waals surface area contributed by atoms with Crippen molar-refractivity contribution in [1.29, 1.82) is 5.41 Å². The first kappa shape index (κ1) is 22.2. The first-order valence-corrected chi connectivity index (χ1v) is 13.0. The van der Waals surface area contributed by atoms with Crippen molar-refractivity contribution in [2.45, 2.75) is 56.2 Å². The van der Waals surface area contributed by atoms with Crippen LogP contribution < -0.4 is 10.6 Å². The average molecular weight is 481 g/mol. The second-order valence-electron chi connectivity index (χ2n) is 8.64. The fourth-order valence-corrected chi connectivity index (χ4v) is 8.74. The molecule has 1 saturated heterocycles. The first-order chi connectivity index (χ1) is 14.6. The van der Waals surface area contributed by atoms with E-state index in [1.165, 1.54) is 0 Å². The second kappa shape index (κ2) is 7.86. The molecule has 1 atom stereocenters. The number of hydrogen-bond acceptors (Lipinski definition) is 6. The summed E-state index contributed by atoms with van der Waals surface area (Å²) in [4.78, 5) is 17.7. The number of pyridine rings is 1. The van der Waals surface area contributed by atoms with Gasteiger partial charge in [0.15, 0.2) is 9.84 Å². The van der Waals surface area contributed by atoms with Gasteiger partial charge in [0.1, 0.15) is 10.6 Å². The molecule has 1 aliphatic carbocycles. The molecule has 0 aromatic carbocycles. The second-order valence-corrected chi connectivity index (χ2v) is 12.4. The number of amides is 1. The lowest BCUT2D eigenvalue weighted by Crippen LogP contribution is -2.66. The topological polar surface area (TPSA) is 112 Å². The molecule has 0 radical (unpaired) electrons. The van der Waals surface area contributed by atoms with Gasteiger partial charge in [0, 0.05) is 6.20 Å². The van der Waals surface area contributed by atoms with Crippen LogP contribution >= 0.6 is 22.9 Å². The van der Waals surface area contributed by atoms with Gasteiger partial charge >= 0.3 is 0 Å². The smallest absolute Gasteiger partial charge is 0.265 e. The van der Waals surface area contributed by atoms with Gasteiger partial charge in [0.25, 0.3) is 5.91 Å². The van der Waals surface area contributed by atoms with Crippen molar-refractivity contribution in [3.05, 3.63) is 44.9 Å². The summed E-state index contributed by atoms with van der Waals surface area (Å²) in [5.74, 6) is -0.459. The number of aromatic nitrogens is 1. The molecule has 2 aromatic rings. The average Bonchev–Trinajstić information content (AvgIpc) is 3.10. The van der Waals surface area contributed by atoms with Crippen molar-refractivity contribution < 1.29 is 13.2 Å². The van der Waals surface area contributed by atoms with E-state index in [1.54, 1.807) is 25.4 Å². The fourth-order valence-electron chi connectivity index (χ4n) is 4.58. The number of hydrogen-bond donors (Lipinski definition) is 3. The highest BCUT2D eigenvalue weighted by molar-refractivity contribution is 7.93. The highest BCUT2D eigenvalue weighted by Crippen LogP contribution is 2.45. The number of rotatable bonds is 3. The summed E-state index contributed by atoms with van der Waals surface area (Å²) in [6, 6.07) is 3.36. The predicted molar refractivity (Wildman–Crippen MR) is 124 cm³/mol. The molecule has 0 unspecified atom stereocenters. The summed E-state index contributed by atoms with van der Waals surface area (Å²) < 4.78 is 25.6. The molecule has 2 fully saturated rings. The standard InChI is InChI=1S/C21H25ClN4O3S2/c1-13-8-14(11-24-10-13)25-18(27)16-9-15(22)17(30-16)20(2)12-31(28,29)21(19(23)26-20)6-4-3-5-7-21/h8-11H,3-7,12H2,1-2H3,(H2,23,26)(H,25,27)/t20-/m0/s1. The van der Waals surface area contributed by atoms with E-state index < -0.39 is 20.1 Å². The summed E-state index contributed by atoms with van der Waals surface area (Å²) in [7, 11) is -3.58. The number of halogens is 1. The minimum Gasteiger partial charge on any atom is -0.362 e. The van der Waals surface area contributed by atoms with Gasteiger partial charge in [-0.3, -0.25) is 15.2 Å². The molecule has 166 valence electrons. The monoisotopic (exact) mass is 480 g/mol. The van der Waals surface area contributed by atoms with Crippen LogP contribution in [0.25, 0.3) is 0 Å². The molecular weight excluding hydrogens is 456 g/mol. The number of sulfone groups is 1. The van der Waals surface area contributed by atoms with Crippen molar-refractivity contribution in [3.63, 3.8) is 0 Å². The molecule has 1 spiro atoms. The molecule has 7 nitrogen and oxygen atoms in total. The Labute approximate surface area is 191 Å². The summed E-state index contributed by atoms with van der Waals surface area (Å²) >= 11 is 7.62. The van der Waals surface area contributed by atoms with Crippen LogP contribution in [0.4, 0.5) is 5.69 Å². The van der Waals surface area contributed by atoms with Crippen LogP contribution in [0, 0.1) is 12.3 Å². The molecule has 1 saturated carbocycles. The van der Waals surface area contributed by atoms with Gasteiger partial charge in [-0.05, 0) is 44.4 Å². The SMILES string of the molecule is Cc1cncc(NC(=O)c2cc(Cl)c([C@]3(C)CS(=O)(=O)C4(CCCCC4)C(=N)N3)s2)c1. The van der Waals surface area contributed by atoms with E-state index in [2.05, 4.69) is 15.6 Å². The van der Waals surface area contributed by atoms with Crippen LogP contribution in [0.3, 0.4) is 0 Å². The van der Waals surface area contributed by atoms with Crippen molar-refractivity contribution in [3.8, 4) is 0 Å². The van der Waals surface area contributed by atoms with Gasteiger partial charge in [-0.25, -0.2) is 8.42 Å². The lowest BCUT2D eigenvalue weighted by molar-refractivity contribution is 0.103. The molecule has 1 amide bonds. The molecule has 2 aliphatic rings. The minimum absolute atomic E-state index is 0.0438. The molecular formula is C21H25ClN4O3S2. The Hall–Kier alpha value is -1.97. The van der Waals surface area contributed by atoms with Crippen molar-refractivity contribution in [2.75, 3.05) is 11.1 Å². The van der Waals surface area contributed by atoms with Crippen LogP contribution in [0.15, 0.2) is 24.5 Å². The lowest BCUT2D eigenvalue weighted by atomic mass is 9.86. The Morgan fingerprint density at radius 1 is 1.26 bits per heavy atom. The normalized spacial score (nSPS) is 24.5. The van der Waals surface area contributed by atoms with Crippen LogP contribution in [-0.4, -0.2) is 35.6 Å². The summed E-state index contributed by atoms with van der Waals surface area (Å²) in [5.41, 5.74) is 0.424. The maximum atomic E-state index is 13.4. The summed E-state index contributed by atoms with van der Waals surface area (Å²) in [5, 5.41) is 14.9. The van der Waals surface area contributed by atoms with E-state index in [9.17, 15) is 13.2 Å². The number of carbonyl (C=O) groups excluding carboxylic acids is 1. The summed E-state index contributed by atoms with van der Waals surface area (Å²) in [6.07, 6.45) is 6.81. The maximum absolute atomic E-state index is 13.4. The molecule has 3 heterocycles. The third kappa shape index (κ3) is 3.87. The zero-order chi connectivity index (χ0) is 22.4. The summed E-state index contributed by atoms with van der Waals surface area (Å²) in [6.45, 7) is 3.62. The van der Waals surface area contributed by atoms with Gasteiger partial charge in [-0.15, -0.1) is 11.3 Å². The van der Waals surface area contributed by atoms with Gasteiger partial charge in [0.05, 0.1) is 38.0 Å². The lowest BCUT2D eigenvalue weighted by Gasteiger charge is -2.47. The van der Waals surface area contributed by atoms with Crippen LogP contribution in [-0.2, 0) is 15.4 Å². The third-order valence-electron chi connectivity index (χ3n) is 6.14. The zero-order valence-corrected chi connectivity index (χ0v) is 19.8. The quantitative estimate of drug-likeness (QED) is 0.607. The first-order valence-electron chi connectivity index (χ1n) is 10.2. The minimum atomic E-state index is -3.58. The van der Waals surface area contributed by atoms with Crippen molar-refractivity contribution in [1.82, 2.24) is 10.3 Å². The van der Waals surface area contributed by atoms with E-state index in [4.69, 9.17) is 17.0 Å². The van der Waals surface area contributed by atoms with E-state index in [1.807, 2.05) is 13.0 Å². The van der Waals surface area contributed by atoms with Gasteiger partial charge < -0.3 is 10.6 Å². The predicted octanol–water partition coefficient (Wildman–Crippen LogP) is 4.27. The maximum Gasteiger partial charge on any atom is 0.265 e.